The van der Waals surface area contributed by atoms with Gasteiger partial charge in [0.1, 0.15) is 6.54 Å². The van der Waals surface area contributed by atoms with Gasteiger partial charge in [-0.3, -0.25) is 4.79 Å². The van der Waals surface area contributed by atoms with Crippen LogP contribution in [0.2, 0.25) is 0 Å². The quantitative estimate of drug-likeness (QED) is 0.127. The lowest BCUT2D eigenvalue weighted by Crippen LogP contribution is -2.43. The third kappa shape index (κ3) is 21.2. The molecule has 0 heterocycles. The summed E-state index contributed by atoms with van der Waals surface area (Å²) in [6, 6.07) is 0. The predicted molar refractivity (Wildman–Crippen MR) is 120 cm³/mol. The number of hydrogen-bond acceptors (Lipinski definition) is 3. The van der Waals surface area contributed by atoms with E-state index in [0.717, 1.165) is 12.8 Å². The number of carbonyl (C=O) groups excluding carboxylic acids is 1. The van der Waals surface area contributed by atoms with Crippen molar-refractivity contribution in [1.29, 1.82) is 0 Å². The molecule has 0 aromatic carbocycles. The Labute approximate surface area is 179 Å². The zero-order valence-electron chi connectivity index (χ0n) is 19.5. The largest absolute Gasteiger partial charge is 0.481 e. The second-order valence-corrected chi connectivity index (χ2v) is 9.21. The highest BCUT2D eigenvalue weighted by Gasteiger charge is 2.23. The van der Waals surface area contributed by atoms with Crippen LogP contribution in [0.25, 0.3) is 0 Å². The molecule has 0 aliphatic rings. The fraction of sp³-hybridized carbons (Fsp3) is 0.833. The number of hydrogen-bond donors (Lipinski definition) is 1. The zero-order valence-corrected chi connectivity index (χ0v) is 19.5. The number of allylic oxidation sites excluding steroid dienone is 1. The molecule has 0 fully saturated rings. The van der Waals surface area contributed by atoms with Gasteiger partial charge in [-0.2, -0.15) is 0 Å². The maximum atomic E-state index is 11.9. The molecule has 0 aromatic rings. The number of esters is 1. The second-order valence-electron chi connectivity index (χ2n) is 9.21. The molecule has 170 valence electrons. The predicted octanol–water partition coefficient (Wildman–Crippen LogP) is 5.73. The molecule has 0 aromatic heterocycles. The summed E-state index contributed by atoms with van der Waals surface area (Å²) in [5, 5.41) is 8.99. The Kier molecular flexibility index (Phi) is 16.7. The molecule has 0 radical (unpaired) electrons. The first-order valence-corrected chi connectivity index (χ1v) is 11.6. The highest BCUT2D eigenvalue weighted by Crippen LogP contribution is 2.12. The standard InChI is InChI=1S/C24H45NO4/c1-5-6-7-8-9-10-11-12-13-14-15-16-17-18-19-24(28)29-22(20-23(26)27)21-25(2,3)4/h18-19,22H,5-17,20-21H2,1-4H3/p+1. The van der Waals surface area contributed by atoms with Crippen LogP contribution in [-0.2, 0) is 14.3 Å². The number of rotatable bonds is 19. The van der Waals surface area contributed by atoms with Crippen molar-refractivity contribution in [3.63, 3.8) is 0 Å². The van der Waals surface area contributed by atoms with Gasteiger partial charge < -0.3 is 14.3 Å². The average molecular weight is 413 g/mol. The van der Waals surface area contributed by atoms with Crippen LogP contribution < -0.4 is 0 Å². The molecule has 5 nitrogen and oxygen atoms in total. The van der Waals surface area contributed by atoms with E-state index in [1.807, 2.05) is 27.2 Å². The van der Waals surface area contributed by atoms with Gasteiger partial charge in [0, 0.05) is 6.08 Å². The van der Waals surface area contributed by atoms with E-state index in [2.05, 4.69) is 6.92 Å². The van der Waals surface area contributed by atoms with E-state index in [9.17, 15) is 9.59 Å². The van der Waals surface area contributed by atoms with Crippen LogP contribution >= 0.6 is 0 Å². The summed E-state index contributed by atoms with van der Waals surface area (Å²) in [4.78, 5) is 22.9. The van der Waals surface area contributed by atoms with E-state index in [0.29, 0.717) is 11.0 Å². The molecule has 1 N–H and O–H groups in total. The molecule has 0 bridgehead atoms. The summed E-state index contributed by atoms with van der Waals surface area (Å²) in [6.45, 7) is 2.73. The Morgan fingerprint density at radius 2 is 1.34 bits per heavy atom. The van der Waals surface area contributed by atoms with Gasteiger partial charge in [0.25, 0.3) is 0 Å². The summed E-state index contributed by atoms with van der Waals surface area (Å²) in [7, 11) is 5.85. The number of nitrogens with zero attached hydrogens (tertiary/aromatic N) is 1. The van der Waals surface area contributed by atoms with Crippen molar-refractivity contribution in [2.75, 3.05) is 27.7 Å². The minimum atomic E-state index is -0.947. The smallest absolute Gasteiger partial charge is 0.330 e. The van der Waals surface area contributed by atoms with Gasteiger partial charge in [0.15, 0.2) is 6.10 Å². The van der Waals surface area contributed by atoms with Crippen molar-refractivity contribution in [2.24, 2.45) is 0 Å². The Morgan fingerprint density at radius 1 is 0.862 bits per heavy atom. The minimum Gasteiger partial charge on any atom is -0.481 e. The molecule has 0 saturated carbocycles. The van der Waals surface area contributed by atoms with Crippen molar-refractivity contribution in [3.8, 4) is 0 Å². The van der Waals surface area contributed by atoms with Crippen LogP contribution in [0.5, 0.6) is 0 Å². The van der Waals surface area contributed by atoms with Crippen LogP contribution in [0, 0.1) is 0 Å². The molecule has 29 heavy (non-hydrogen) atoms. The number of carboxylic acid groups (broad SMARTS) is 1. The van der Waals surface area contributed by atoms with Crippen LogP contribution in [0.15, 0.2) is 12.2 Å². The normalized spacial score (nSPS) is 13.0. The second kappa shape index (κ2) is 17.5. The Bertz CT molecular complexity index is 454. The molecule has 1 atom stereocenters. The van der Waals surface area contributed by atoms with Crippen molar-refractivity contribution >= 4 is 11.9 Å². The van der Waals surface area contributed by atoms with Crippen molar-refractivity contribution in [1.82, 2.24) is 0 Å². The molecule has 0 aliphatic carbocycles. The number of quaternary nitrogens is 1. The molecule has 0 saturated heterocycles. The van der Waals surface area contributed by atoms with E-state index in [1.54, 1.807) is 0 Å². The van der Waals surface area contributed by atoms with Gasteiger partial charge >= 0.3 is 11.9 Å². The van der Waals surface area contributed by atoms with Crippen molar-refractivity contribution in [3.05, 3.63) is 12.2 Å². The lowest BCUT2D eigenvalue weighted by atomic mass is 10.0. The first-order chi connectivity index (χ1) is 13.7. The van der Waals surface area contributed by atoms with Crippen LogP contribution in [0.4, 0.5) is 0 Å². The highest BCUT2D eigenvalue weighted by molar-refractivity contribution is 5.82. The summed E-state index contributed by atoms with van der Waals surface area (Å²) in [6.07, 6.45) is 19.2. The summed E-state index contributed by atoms with van der Waals surface area (Å²) < 4.78 is 5.88. The van der Waals surface area contributed by atoms with E-state index in [-0.39, 0.29) is 6.42 Å². The summed E-state index contributed by atoms with van der Waals surface area (Å²) in [5.74, 6) is -1.39. The molecule has 0 aliphatic heterocycles. The average Bonchev–Trinajstić information content (AvgIpc) is 2.60. The SMILES string of the molecule is CCCCCCCCCCCCCCC=CC(=O)OC(CC(=O)O)C[N+](C)(C)C. The topological polar surface area (TPSA) is 63.6 Å². The van der Waals surface area contributed by atoms with E-state index in [4.69, 9.17) is 9.84 Å². The van der Waals surface area contributed by atoms with Crippen molar-refractivity contribution < 1.29 is 23.9 Å². The van der Waals surface area contributed by atoms with Crippen LogP contribution in [0.1, 0.15) is 96.8 Å². The first kappa shape index (κ1) is 27.6. The third-order valence-corrected chi connectivity index (χ3v) is 4.91. The number of unbranched alkanes of at least 4 members (excludes halogenated alkanes) is 12. The number of carboxylic acids is 1. The molecule has 0 spiro atoms. The molecule has 5 heteroatoms. The highest BCUT2D eigenvalue weighted by atomic mass is 16.5. The van der Waals surface area contributed by atoms with E-state index < -0.39 is 18.0 Å². The number of ether oxygens (including phenoxy) is 1. The lowest BCUT2D eigenvalue weighted by molar-refractivity contribution is -0.873. The molecule has 0 rings (SSSR count). The van der Waals surface area contributed by atoms with E-state index in [1.165, 1.54) is 76.7 Å². The number of likely N-dealkylation sites (N-methyl/N-ethyl adjacent to an activating group) is 1. The summed E-state index contributed by atoms with van der Waals surface area (Å²) in [5.41, 5.74) is 0. The van der Waals surface area contributed by atoms with Gasteiger partial charge in [-0.25, -0.2) is 4.79 Å². The van der Waals surface area contributed by atoms with Crippen LogP contribution in [0.3, 0.4) is 0 Å². The molecule has 1 unspecified atom stereocenters. The fourth-order valence-corrected chi connectivity index (χ4v) is 3.44. The van der Waals surface area contributed by atoms with Gasteiger partial charge in [0.05, 0.1) is 27.6 Å². The van der Waals surface area contributed by atoms with Crippen molar-refractivity contribution in [2.45, 2.75) is 103 Å². The minimum absolute atomic E-state index is 0.159. The van der Waals surface area contributed by atoms with Crippen LogP contribution in [-0.4, -0.2) is 55.3 Å². The first-order valence-electron chi connectivity index (χ1n) is 11.6. The maximum Gasteiger partial charge on any atom is 0.330 e. The van der Waals surface area contributed by atoms with E-state index >= 15 is 0 Å². The summed E-state index contributed by atoms with van der Waals surface area (Å²) >= 11 is 0. The number of aliphatic carboxylic acids is 1. The maximum absolute atomic E-state index is 11.9. The monoisotopic (exact) mass is 412 g/mol. The van der Waals surface area contributed by atoms with Gasteiger partial charge in [0.2, 0.25) is 0 Å². The lowest BCUT2D eigenvalue weighted by Gasteiger charge is -2.28. The third-order valence-electron chi connectivity index (χ3n) is 4.91. The molecule has 0 amide bonds. The molecular weight excluding hydrogens is 366 g/mol. The van der Waals surface area contributed by atoms with Gasteiger partial charge in [-0.15, -0.1) is 0 Å². The molecular formula is C24H46NO4+. The van der Waals surface area contributed by atoms with Gasteiger partial charge in [-0.05, 0) is 12.8 Å². The zero-order chi connectivity index (χ0) is 22.0. The Balaban J connectivity index is 3.72. The fourth-order valence-electron chi connectivity index (χ4n) is 3.44. The Hall–Kier alpha value is -1.36. The van der Waals surface area contributed by atoms with Gasteiger partial charge in [-0.1, -0.05) is 83.6 Å². The number of carbonyl (C=O) groups is 2. The Morgan fingerprint density at radius 3 is 1.79 bits per heavy atom.